The largest absolute Gasteiger partial charge is 0.327 e. The summed E-state index contributed by atoms with van der Waals surface area (Å²) in [4.78, 5) is 21.3. The lowest BCUT2D eigenvalue weighted by Gasteiger charge is -2.19. The molecule has 3 N–H and O–H groups in total. The monoisotopic (exact) mass is 362 g/mol. The van der Waals surface area contributed by atoms with Gasteiger partial charge in [0, 0.05) is 5.56 Å². The van der Waals surface area contributed by atoms with Gasteiger partial charge in [0.1, 0.15) is 12.1 Å². The minimum atomic E-state index is -0.0850. The molecule has 0 radical (unpaired) electrons. The molecule has 26 heavy (non-hydrogen) atoms. The highest BCUT2D eigenvalue weighted by Gasteiger charge is 2.23. The predicted molar refractivity (Wildman–Crippen MR) is 105 cm³/mol. The van der Waals surface area contributed by atoms with Crippen molar-refractivity contribution in [2.24, 2.45) is 0 Å². The summed E-state index contributed by atoms with van der Waals surface area (Å²) in [5.74, 6) is 0.700. The van der Waals surface area contributed by atoms with Crippen molar-refractivity contribution in [1.29, 1.82) is 0 Å². The van der Waals surface area contributed by atoms with Crippen molar-refractivity contribution in [2.75, 3.05) is 0 Å². The summed E-state index contributed by atoms with van der Waals surface area (Å²) >= 11 is 1.75. The van der Waals surface area contributed by atoms with E-state index < -0.39 is 0 Å². The number of nitrogens with zero attached hydrogens (tertiary/aromatic N) is 1. The fraction of sp³-hybridized carbons (Fsp3) is 0.143. The molecule has 0 aliphatic rings. The summed E-state index contributed by atoms with van der Waals surface area (Å²) in [6.07, 6.45) is 0. The van der Waals surface area contributed by atoms with Gasteiger partial charge in [0.05, 0.1) is 15.8 Å². The zero-order valence-corrected chi connectivity index (χ0v) is 15.2. The van der Waals surface area contributed by atoms with E-state index in [1.165, 1.54) is 10.4 Å². The van der Waals surface area contributed by atoms with E-state index >= 15 is 0 Å². The molecule has 4 nitrogen and oxygen atoms in total. The molecular weight excluding hydrogens is 342 g/mol. The highest BCUT2D eigenvalue weighted by Crippen LogP contribution is 2.23. The summed E-state index contributed by atoms with van der Waals surface area (Å²) in [5.41, 5.74) is 1.89. The molecule has 0 unspecified atom stereocenters. The van der Waals surface area contributed by atoms with E-state index in [2.05, 4.69) is 64.0 Å². The average molecular weight is 362 g/mol. The lowest BCUT2D eigenvalue weighted by molar-refractivity contribution is -0.723. The van der Waals surface area contributed by atoms with Crippen LogP contribution >= 0.6 is 11.3 Å². The zero-order valence-electron chi connectivity index (χ0n) is 14.4. The third kappa shape index (κ3) is 3.31. The third-order valence-electron chi connectivity index (χ3n) is 4.55. The van der Waals surface area contributed by atoms with Gasteiger partial charge < -0.3 is 10.3 Å². The third-order valence-corrected chi connectivity index (χ3v) is 5.51. The second-order valence-electron chi connectivity index (χ2n) is 6.35. The number of nitrogens with two attached hydrogens (primary N) is 1. The standard InChI is InChI=1S/C21H19N3OS/c1-14(20-23-17-11-6-5-10-16(17)21(25)24-20)22-19(18-12-7-13-26-18)15-8-3-2-4-9-15/h2-14,19,22H,1H3,(H,23,24,25)/p+1/t14-,19-/m0/s1. The van der Waals surface area contributed by atoms with Gasteiger partial charge in [-0.2, -0.15) is 0 Å². The Kier molecular flexibility index (Phi) is 4.65. The molecule has 2 aromatic carbocycles. The van der Waals surface area contributed by atoms with E-state index in [1.54, 1.807) is 17.4 Å². The van der Waals surface area contributed by atoms with Crippen LogP contribution in [0.3, 0.4) is 0 Å². The summed E-state index contributed by atoms with van der Waals surface area (Å²) in [6, 6.07) is 22.3. The number of H-pyrrole nitrogens is 1. The van der Waals surface area contributed by atoms with E-state index in [1.807, 2.05) is 24.3 Å². The molecule has 0 amide bonds. The maximum absolute atomic E-state index is 12.4. The Morgan fingerprint density at radius 1 is 1.00 bits per heavy atom. The maximum Gasteiger partial charge on any atom is 0.258 e. The molecule has 0 aliphatic carbocycles. The Hall–Kier alpha value is -2.76. The van der Waals surface area contributed by atoms with Crippen molar-refractivity contribution < 1.29 is 5.32 Å². The van der Waals surface area contributed by atoms with E-state index in [-0.39, 0.29) is 17.6 Å². The number of aromatic nitrogens is 2. The van der Waals surface area contributed by atoms with Crippen LogP contribution in [0.1, 0.15) is 35.3 Å². The van der Waals surface area contributed by atoms with Crippen molar-refractivity contribution in [3.8, 4) is 0 Å². The van der Waals surface area contributed by atoms with Crippen LogP contribution in [0, 0.1) is 0 Å². The van der Waals surface area contributed by atoms with Crippen LogP contribution in [0.4, 0.5) is 0 Å². The van der Waals surface area contributed by atoms with Crippen molar-refractivity contribution in [3.05, 3.63) is 98.7 Å². The second-order valence-corrected chi connectivity index (χ2v) is 7.33. The van der Waals surface area contributed by atoms with Crippen molar-refractivity contribution in [3.63, 3.8) is 0 Å². The van der Waals surface area contributed by atoms with Crippen LogP contribution in [0.5, 0.6) is 0 Å². The molecule has 2 aromatic heterocycles. The second kappa shape index (κ2) is 7.23. The number of quaternary nitrogens is 1. The van der Waals surface area contributed by atoms with Crippen molar-refractivity contribution in [1.82, 2.24) is 9.97 Å². The highest BCUT2D eigenvalue weighted by atomic mass is 32.1. The minimum Gasteiger partial charge on any atom is -0.327 e. The van der Waals surface area contributed by atoms with Crippen LogP contribution < -0.4 is 10.9 Å². The molecule has 2 atom stereocenters. The first-order valence-corrected chi connectivity index (χ1v) is 9.52. The number of rotatable bonds is 5. The summed E-state index contributed by atoms with van der Waals surface area (Å²) in [6.45, 7) is 2.08. The quantitative estimate of drug-likeness (QED) is 0.572. The van der Waals surface area contributed by atoms with Gasteiger partial charge in [-0.05, 0) is 30.5 Å². The number of hydrogen-bond acceptors (Lipinski definition) is 3. The first-order valence-electron chi connectivity index (χ1n) is 8.64. The topological polar surface area (TPSA) is 62.4 Å². The lowest BCUT2D eigenvalue weighted by atomic mass is 10.0. The van der Waals surface area contributed by atoms with Crippen LogP contribution in [-0.4, -0.2) is 9.97 Å². The Morgan fingerprint density at radius 2 is 1.77 bits per heavy atom. The van der Waals surface area contributed by atoms with E-state index in [4.69, 9.17) is 0 Å². The first kappa shape index (κ1) is 16.7. The molecule has 0 bridgehead atoms. The Labute approximate surface area is 155 Å². The molecule has 4 aromatic rings. The summed E-state index contributed by atoms with van der Waals surface area (Å²) < 4.78 is 0. The first-order chi connectivity index (χ1) is 12.7. The van der Waals surface area contributed by atoms with Crippen LogP contribution in [-0.2, 0) is 0 Å². The number of para-hydroxylation sites is 1. The Morgan fingerprint density at radius 3 is 2.54 bits per heavy atom. The fourth-order valence-corrected chi connectivity index (χ4v) is 4.03. The van der Waals surface area contributed by atoms with Gasteiger partial charge in [-0.3, -0.25) is 4.79 Å². The van der Waals surface area contributed by atoms with Gasteiger partial charge >= 0.3 is 0 Å². The van der Waals surface area contributed by atoms with Gasteiger partial charge in [-0.1, -0.05) is 48.5 Å². The number of benzene rings is 2. The molecule has 0 saturated heterocycles. The molecule has 0 spiro atoms. The van der Waals surface area contributed by atoms with Gasteiger partial charge in [-0.25, -0.2) is 4.98 Å². The number of thiophene rings is 1. The van der Waals surface area contributed by atoms with E-state index in [0.29, 0.717) is 11.2 Å². The average Bonchev–Trinajstić information content (AvgIpc) is 3.21. The fourth-order valence-electron chi connectivity index (χ4n) is 3.20. The molecule has 2 heterocycles. The molecule has 0 aliphatic heterocycles. The van der Waals surface area contributed by atoms with E-state index in [0.717, 1.165) is 5.52 Å². The normalized spacial score (nSPS) is 13.6. The highest BCUT2D eigenvalue weighted by molar-refractivity contribution is 7.10. The Bertz CT molecular complexity index is 1060. The predicted octanol–water partition coefficient (Wildman–Crippen LogP) is 3.40. The van der Waals surface area contributed by atoms with Crippen molar-refractivity contribution in [2.45, 2.75) is 19.0 Å². The van der Waals surface area contributed by atoms with E-state index in [9.17, 15) is 4.79 Å². The molecule has 130 valence electrons. The molecule has 4 rings (SSSR count). The molecule has 0 saturated carbocycles. The number of hydrogen-bond donors (Lipinski definition) is 2. The van der Waals surface area contributed by atoms with Crippen LogP contribution in [0.25, 0.3) is 10.9 Å². The molecule has 5 heteroatoms. The number of aromatic amines is 1. The Balaban J connectivity index is 1.69. The smallest absolute Gasteiger partial charge is 0.258 e. The molecule has 0 fully saturated rings. The van der Waals surface area contributed by atoms with Crippen LogP contribution in [0.15, 0.2) is 76.9 Å². The molecular formula is C21H20N3OS+. The van der Waals surface area contributed by atoms with Crippen LogP contribution in [0.2, 0.25) is 0 Å². The van der Waals surface area contributed by atoms with Crippen molar-refractivity contribution >= 4 is 22.2 Å². The van der Waals surface area contributed by atoms with Gasteiger partial charge in [0.25, 0.3) is 5.56 Å². The maximum atomic E-state index is 12.4. The van der Waals surface area contributed by atoms with Gasteiger partial charge in [0.15, 0.2) is 5.82 Å². The summed E-state index contributed by atoms with van der Waals surface area (Å²) in [5, 5.41) is 4.98. The summed E-state index contributed by atoms with van der Waals surface area (Å²) in [7, 11) is 0. The SMILES string of the molecule is C[C@H]([NH2+][C@@H](c1ccccc1)c1cccs1)c1nc2ccccc2c(=O)[nH]1. The number of nitrogens with one attached hydrogen (secondary N) is 1. The number of fused-ring (bicyclic) bond motifs is 1. The minimum absolute atomic E-state index is 0.0135. The lowest BCUT2D eigenvalue weighted by Crippen LogP contribution is -2.86. The van der Waals surface area contributed by atoms with Gasteiger partial charge in [-0.15, -0.1) is 11.3 Å². The van der Waals surface area contributed by atoms with Gasteiger partial charge in [0.2, 0.25) is 0 Å². The zero-order chi connectivity index (χ0) is 17.9.